The van der Waals surface area contributed by atoms with Crippen LogP contribution in [0.15, 0.2) is 54.7 Å². The lowest BCUT2D eigenvalue weighted by Crippen LogP contribution is -2.05. The summed E-state index contributed by atoms with van der Waals surface area (Å²) in [5, 5.41) is 4.42. The highest BCUT2D eigenvalue weighted by Gasteiger charge is 2.14. The number of aromatic nitrogens is 2. The van der Waals surface area contributed by atoms with Crippen LogP contribution in [0.25, 0.3) is 22.4 Å². The molecule has 0 aliphatic rings. The fourth-order valence-corrected chi connectivity index (χ4v) is 2.77. The molecule has 0 radical (unpaired) electrons. The lowest BCUT2D eigenvalue weighted by molar-refractivity contribution is 0.415. The normalized spacial score (nSPS) is 11.0. The van der Waals surface area contributed by atoms with Gasteiger partial charge in [-0.15, -0.1) is 0 Å². The zero-order chi connectivity index (χ0) is 16.4. The lowest BCUT2D eigenvalue weighted by atomic mass is 9.99. The number of nitrogens with two attached hydrogens (primary N) is 1. The van der Waals surface area contributed by atoms with E-state index >= 15 is 0 Å². The maximum Gasteiger partial charge on any atom is 0.128 e. The van der Waals surface area contributed by atoms with Gasteiger partial charge in [0.15, 0.2) is 0 Å². The van der Waals surface area contributed by atoms with E-state index in [4.69, 9.17) is 10.5 Å². The second-order valence-corrected chi connectivity index (χ2v) is 5.76. The SMILES string of the molecule is COc1ccc(-c2ccccc2N)cc1-c1ccnn1C(C)C. The van der Waals surface area contributed by atoms with Crippen LogP contribution >= 0.6 is 0 Å². The smallest absolute Gasteiger partial charge is 0.128 e. The molecule has 1 heterocycles. The summed E-state index contributed by atoms with van der Waals surface area (Å²) < 4.78 is 7.55. The molecule has 3 aromatic rings. The average molecular weight is 307 g/mol. The first-order valence-corrected chi connectivity index (χ1v) is 7.68. The molecular weight excluding hydrogens is 286 g/mol. The van der Waals surface area contributed by atoms with E-state index in [1.165, 1.54) is 0 Å². The number of nitrogen functional groups attached to an aromatic ring is 1. The first-order chi connectivity index (χ1) is 11.1. The van der Waals surface area contributed by atoms with Gasteiger partial charge in [-0.2, -0.15) is 5.10 Å². The van der Waals surface area contributed by atoms with E-state index in [1.54, 1.807) is 7.11 Å². The Morgan fingerprint density at radius 1 is 1.04 bits per heavy atom. The van der Waals surface area contributed by atoms with Gasteiger partial charge in [-0.05, 0) is 43.7 Å². The van der Waals surface area contributed by atoms with Crippen molar-refractivity contribution in [3.8, 4) is 28.1 Å². The van der Waals surface area contributed by atoms with Crippen molar-refractivity contribution in [2.24, 2.45) is 0 Å². The summed E-state index contributed by atoms with van der Waals surface area (Å²) in [6, 6.07) is 16.3. The Hall–Kier alpha value is -2.75. The van der Waals surface area contributed by atoms with Crippen LogP contribution in [-0.4, -0.2) is 16.9 Å². The van der Waals surface area contributed by atoms with Crippen LogP contribution < -0.4 is 10.5 Å². The lowest BCUT2D eigenvalue weighted by Gasteiger charge is -2.15. The topological polar surface area (TPSA) is 53.1 Å². The number of methoxy groups -OCH3 is 1. The molecule has 0 fully saturated rings. The maximum atomic E-state index is 6.12. The van der Waals surface area contributed by atoms with Gasteiger partial charge in [-0.25, -0.2) is 0 Å². The van der Waals surface area contributed by atoms with Crippen molar-refractivity contribution < 1.29 is 4.74 Å². The molecule has 23 heavy (non-hydrogen) atoms. The molecule has 0 amide bonds. The number of anilines is 1. The first-order valence-electron chi connectivity index (χ1n) is 7.68. The Labute approximate surface area is 136 Å². The molecule has 2 N–H and O–H groups in total. The quantitative estimate of drug-likeness (QED) is 0.727. The van der Waals surface area contributed by atoms with Gasteiger partial charge in [0.25, 0.3) is 0 Å². The third-order valence-corrected chi connectivity index (χ3v) is 3.91. The van der Waals surface area contributed by atoms with Crippen molar-refractivity contribution >= 4 is 5.69 Å². The summed E-state index contributed by atoms with van der Waals surface area (Å²) in [5.41, 5.74) is 11.0. The van der Waals surface area contributed by atoms with Gasteiger partial charge in [0.05, 0.1) is 12.8 Å². The summed E-state index contributed by atoms with van der Waals surface area (Å²) >= 11 is 0. The minimum absolute atomic E-state index is 0.273. The molecule has 118 valence electrons. The Morgan fingerprint density at radius 2 is 1.83 bits per heavy atom. The molecule has 4 heteroatoms. The zero-order valence-corrected chi connectivity index (χ0v) is 13.7. The summed E-state index contributed by atoms with van der Waals surface area (Å²) in [4.78, 5) is 0. The van der Waals surface area contributed by atoms with E-state index in [2.05, 4.69) is 25.0 Å². The van der Waals surface area contributed by atoms with Crippen LogP contribution in [0, 0.1) is 0 Å². The molecule has 0 unspecified atom stereocenters. The molecule has 0 aliphatic heterocycles. The average Bonchev–Trinajstić information content (AvgIpc) is 3.04. The third kappa shape index (κ3) is 2.80. The first kappa shape index (κ1) is 15.2. The van der Waals surface area contributed by atoms with Crippen LogP contribution in [0.4, 0.5) is 5.69 Å². The number of rotatable bonds is 4. The Morgan fingerprint density at radius 3 is 2.52 bits per heavy atom. The zero-order valence-electron chi connectivity index (χ0n) is 13.7. The Bertz CT molecular complexity index is 821. The predicted octanol–water partition coefficient (Wildman–Crippen LogP) is 4.39. The van der Waals surface area contributed by atoms with Crippen molar-refractivity contribution in [3.05, 3.63) is 54.7 Å². The van der Waals surface area contributed by atoms with Gasteiger partial charge in [0.2, 0.25) is 0 Å². The molecule has 0 saturated carbocycles. The van der Waals surface area contributed by atoms with Crippen molar-refractivity contribution in [3.63, 3.8) is 0 Å². The minimum atomic E-state index is 0.273. The van der Waals surface area contributed by atoms with Crippen LogP contribution in [0.3, 0.4) is 0 Å². The number of nitrogens with zero attached hydrogens (tertiary/aromatic N) is 2. The van der Waals surface area contributed by atoms with E-state index in [-0.39, 0.29) is 6.04 Å². The maximum absolute atomic E-state index is 6.12. The van der Waals surface area contributed by atoms with Crippen LogP contribution in [0.1, 0.15) is 19.9 Å². The van der Waals surface area contributed by atoms with Crippen molar-refractivity contribution in [2.45, 2.75) is 19.9 Å². The summed E-state index contributed by atoms with van der Waals surface area (Å²) in [7, 11) is 1.69. The predicted molar refractivity (Wildman–Crippen MR) is 94.4 cm³/mol. The molecule has 0 saturated heterocycles. The Kier molecular flexibility index (Phi) is 4.06. The van der Waals surface area contributed by atoms with Gasteiger partial charge in [-0.3, -0.25) is 4.68 Å². The molecule has 0 aliphatic carbocycles. The van der Waals surface area contributed by atoms with E-state index in [0.717, 1.165) is 33.8 Å². The summed E-state index contributed by atoms with van der Waals surface area (Å²) in [5.74, 6) is 0.825. The Balaban J connectivity index is 2.18. The molecule has 2 aromatic carbocycles. The third-order valence-electron chi connectivity index (χ3n) is 3.91. The standard InChI is InChI=1S/C19H21N3O/c1-13(2)22-18(10-11-21-22)16-12-14(8-9-19(16)23-3)15-6-4-5-7-17(15)20/h4-13H,20H2,1-3H3. The number of hydrogen-bond donors (Lipinski definition) is 1. The van der Waals surface area contributed by atoms with E-state index < -0.39 is 0 Å². The van der Waals surface area contributed by atoms with Crippen molar-refractivity contribution in [1.29, 1.82) is 0 Å². The number of hydrogen-bond acceptors (Lipinski definition) is 3. The van der Waals surface area contributed by atoms with E-state index in [9.17, 15) is 0 Å². The van der Waals surface area contributed by atoms with Gasteiger partial charge in [0, 0.05) is 29.1 Å². The number of benzene rings is 2. The van der Waals surface area contributed by atoms with E-state index in [1.807, 2.05) is 53.3 Å². The molecule has 1 aromatic heterocycles. The van der Waals surface area contributed by atoms with Gasteiger partial charge in [0.1, 0.15) is 5.75 Å². The molecule has 4 nitrogen and oxygen atoms in total. The van der Waals surface area contributed by atoms with Gasteiger partial charge < -0.3 is 10.5 Å². The molecule has 3 rings (SSSR count). The van der Waals surface area contributed by atoms with E-state index in [0.29, 0.717) is 0 Å². The number of para-hydroxylation sites is 1. The van der Waals surface area contributed by atoms with Crippen LogP contribution in [-0.2, 0) is 0 Å². The van der Waals surface area contributed by atoms with Gasteiger partial charge >= 0.3 is 0 Å². The highest BCUT2D eigenvalue weighted by molar-refractivity contribution is 5.81. The second kappa shape index (κ2) is 6.16. The summed E-state index contributed by atoms with van der Waals surface area (Å²) in [6.45, 7) is 4.23. The number of ether oxygens (including phenoxy) is 1. The largest absolute Gasteiger partial charge is 0.496 e. The highest BCUT2D eigenvalue weighted by Crippen LogP contribution is 2.36. The second-order valence-electron chi connectivity index (χ2n) is 5.76. The highest BCUT2D eigenvalue weighted by atomic mass is 16.5. The monoisotopic (exact) mass is 307 g/mol. The fourth-order valence-electron chi connectivity index (χ4n) is 2.77. The summed E-state index contributed by atoms with van der Waals surface area (Å²) in [6.07, 6.45) is 1.82. The molecule has 0 spiro atoms. The molecule has 0 atom stereocenters. The molecular formula is C19H21N3O. The van der Waals surface area contributed by atoms with Crippen LogP contribution in [0.2, 0.25) is 0 Å². The van der Waals surface area contributed by atoms with Crippen molar-refractivity contribution in [2.75, 3.05) is 12.8 Å². The minimum Gasteiger partial charge on any atom is -0.496 e. The fraction of sp³-hybridized carbons (Fsp3) is 0.211. The van der Waals surface area contributed by atoms with Gasteiger partial charge in [-0.1, -0.05) is 24.3 Å². The van der Waals surface area contributed by atoms with Crippen molar-refractivity contribution in [1.82, 2.24) is 9.78 Å². The van der Waals surface area contributed by atoms with Crippen LogP contribution in [0.5, 0.6) is 5.75 Å². The molecule has 0 bridgehead atoms.